The van der Waals surface area contributed by atoms with Crippen LogP contribution >= 0.6 is 11.8 Å². The van der Waals surface area contributed by atoms with Crippen molar-refractivity contribution < 1.29 is 9.53 Å². The number of hydrogen-bond donors (Lipinski definition) is 1. The van der Waals surface area contributed by atoms with Gasteiger partial charge in [0.2, 0.25) is 11.1 Å². The highest BCUT2D eigenvalue weighted by atomic mass is 32.2. The van der Waals surface area contributed by atoms with Gasteiger partial charge in [0, 0.05) is 19.2 Å². The van der Waals surface area contributed by atoms with E-state index in [-0.39, 0.29) is 11.7 Å². The molecule has 7 heteroatoms. The number of carbonyl (C=O) groups excluding carboxylic acids is 1. The molecule has 0 fully saturated rings. The molecule has 0 aliphatic carbocycles. The van der Waals surface area contributed by atoms with Crippen LogP contribution in [0.15, 0.2) is 59.8 Å². The van der Waals surface area contributed by atoms with Crippen LogP contribution in [0.3, 0.4) is 0 Å². The maximum atomic E-state index is 12.4. The lowest BCUT2D eigenvalue weighted by molar-refractivity contribution is -0.127. The third kappa shape index (κ3) is 4.64. The number of methoxy groups -OCH3 is 1. The fourth-order valence-electron chi connectivity index (χ4n) is 2.41. The Morgan fingerprint density at radius 1 is 1.19 bits per heavy atom. The van der Waals surface area contributed by atoms with Crippen LogP contribution < -0.4 is 4.74 Å². The zero-order chi connectivity index (χ0) is 18.4. The fourth-order valence-corrected chi connectivity index (χ4v) is 3.14. The molecular weight excluding hydrogens is 348 g/mol. The fraction of sp³-hybridized carbons (Fsp3) is 0.211. The lowest BCUT2D eigenvalue weighted by Crippen LogP contribution is -2.27. The summed E-state index contributed by atoms with van der Waals surface area (Å²) in [5, 5.41) is 7.64. The summed E-state index contributed by atoms with van der Waals surface area (Å²) in [6.45, 7) is 0.528. The highest BCUT2D eigenvalue weighted by Gasteiger charge is 2.13. The largest absolute Gasteiger partial charge is 0.497 e. The maximum Gasteiger partial charge on any atom is 0.233 e. The predicted octanol–water partition coefficient (Wildman–Crippen LogP) is 3.23. The number of nitrogens with one attached hydrogen (secondary N) is 1. The summed E-state index contributed by atoms with van der Waals surface area (Å²) in [5.41, 5.74) is 1.99. The molecule has 0 spiro atoms. The highest BCUT2D eigenvalue weighted by molar-refractivity contribution is 7.99. The van der Waals surface area contributed by atoms with E-state index in [1.54, 1.807) is 19.1 Å². The van der Waals surface area contributed by atoms with Crippen molar-refractivity contribution >= 4 is 17.7 Å². The minimum absolute atomic E-state index is 0.0175. The predicted molar refractivity (Wildman–Crippen MR) is 102 cm³/mol. The lowest BCUT2D eigenvalue weighted by atomic mass is 10.2. The first kappa shape index (κ1) is 18.0. The van der Waals surface area contributed by atoms with E-state index in [9.17, 15) is 4.79 Å². The Bertz CT molecular complexity index is 867. The molecule has 3 rings (SSSR count). The zero-order valence-electron chi connectivity index (χ0n) is 14.7. The van der Waals surface area contributed by atoms with E-state index in [2.05, 4.69) is 15.2 Å². The number of aromatic amines is 1. The van der Waals surface area contributed by atoms with Crippen LogP contribution in [0.5, 0.6) is 5.75 Å². The smallest absolute Gasteiger partial charge is 0.233 e. The van der Waals surface area contributed by atoms with Gasteiger partial charge in [0.25, 0.3) is 0 Å². The number of nitrogens with zero attached hydrogens (tertiary/aromatic N) is 3. The molecule has 0 atom stereocenters. The molecule has 1 amide bonds. The Labute approximate surface area is 156 Å². The zero-order valence-corrected chi connectivity index (χ0v) is 15.5. The second-order valence-corrected chi connectivity index (χ2v) is 6.67. The number of aromatic nitrogens is 3. The van der Waals surface area contributed by atoms with Crippen molar-refractivity contribution in [1.82, 2.24) is 20.1 Å². The third-order valence-electron chi connectivity index (χ3n) is 3.82. The summed E-state index contributed by atoms with van der Waals surface area (Å²) in [7, 11) is 3.42. The van der Waals surface area contributed by atoms with E-state index in [0.29, 0.717) is 17.5 Å². The molecule has 0 saturated carbocycles. The summed E-state index contributed by atoms with van der Waals surface area (Å²) in [5.74, 6) is 1.79. The van der Waals surface area contributed by atoms with Crippen LogP contribution in [0.2, 0.25) is 0 Å². The molecular formula is C19H20N4O2S. The van der Waals surface area contributed by atoms with Gasteiger partial charge in [0.1, 0.15) is 5.75 Å². The standard InChI is InChI=1S/C19H20N4O2S/c1-23(12-14-7-6-10-16(11-14)25-2)17(24)13-26-19-20-18(21-22-19)15-8-4-3-5-9-15/h3-11H,12-13H2,1-2H3,(H,20,21,22). The van der Waals surface area contributed by atoms with Crippen LogP contribution in [0.1, 0.15) is 5.56 Å². The van der Waals surface area contributed by atoms with Gasteiger partial charge in [0.05, 0.1) is 12.9 Å². The van der Waals surface area contributed by atoms with E-state index in [4.69, 9.17) is 4.74 Å². The van der Waals surface area contributed by atoms with Gasteiger partial charge in [-0.25, -0.2) is 4.98 Å². The second-order valence-electron chi connectivity index (χ2n) is 5.72. The van der Waals surface area contributed by atoms with Gasteiger partial charge in [-0.3, -0.25) is 9.89 Å². The monoisotopic (exact) mass is 368 g/mol. The molecule has 1 N–H and O–H groups in total. The van der Waals surface area contributed by atoms with E-state index in [1.807, 2.05) is 54.6 Å². The third-order valence-corrected chi connectivity index (χ3v) is 4.65. The summed E-state index contributed by atoms with van der Waals surface area (Å²) < 4.78 is 5.21. The average molecular weight is 368 g/mol. The van der Waals surface area contributed by atoms with Gasteiger partial charge in [-0.1, -0.05) is 54.2 Å². The molecule has 1 aromatic heterocycles. The molecule has 0 saturated heterocycles. The van der Waals surface area contributed by atoms with E-state index < -0.39 is 0 Å². The lowest BCUT2D eigenvalue weighted by Gasteiger charge is -2.17. The van der Waals surface area contributed by atoms with Gasteiger partial charge < -0.3 is 9.64 Å². The number of benzene rings is 2. The van der Waals surface area contributed by atoms with Crippen molar-refractivity contribution in [2.24, 2.45) is 0 Å². The van der Waals surface area contributed by atoms with Crippen molar-refractivity contribution in [2.75, 3.05) is 19.9 Å². The summed E-state index contributed by atoms with van der Waals surface area (Å²) in [6.07, 6.45) is 0. The molecule has 26 heavy (non-hydrogen) atoms. The Kier molecular flexibility index (Phi) is 5.91. The van der Waals surface area contributed by atoms with E-state index in [1.165, 1.54) is 11.8 Å². The van der Waals surface area contributed by atoms with E-state index >= 15 is 0 Å². The summed E-state index contributed by atoms with van der Waals surface area (Å²) in [6, 6.07) is 17.5. The SMILES string of the molecule is COc1cccc(CN(C)C(=O)CSc2n[nH]c(-c3ccccc3)n2)c1. The van der Waals surface area contributed by atoms with Gasteiger partial charge in [0.15, 0.2) is 5.82 Å². The Balaban J connectivity index is 1.54. The van der Waals surface area contributed by atoms with Crippen molar-refractivity contribution in [2.45, 2.75) is 11.7 Å². The number of ether oxygens (including phenoxy) is 1. The first-order valence-corrected chi connectivity index (χ1v) is 9.12. The molecule has 3 aromatic rings. The number of amides is 1. The quantitative estimate of drug-likeness (QED) is 0.648. The maximum absolute atomic E-state index is 12.4. The number of hydrogen-bond acceptors (Lipinski definition) is 5. The van der Waals surface area contributed by atoms with Crippen molar-refractivity contribution in [3.63, 3.8) is 0 Å². The number of H-pyrrole nitrogens is 1. The van der Waals surface area contributed by atoms with Crippen molar-refractivity contribution in [3.8, 4) is 17.1 Å². The normalized spacial score (nSPS) is 10.5. The second kappa shape index (κ2) is 8.53. The van der Waals surface area contributed by atoms with Crippen LogP contribution in [0.4, 0.5) is 0 Å². The Morgan fingerprint density at radius 3 is 2.77 bits per heavy atom. The molecule has 0 unspecified atom stereocenters. The highest BCUT2D eigenvalue weighted by Crippen LogP contribution is 2.19. The molecule has 2 aromatic carbocycles. The minimum atomic E-state index is 0.0175. The number of carbonyl (C=O) groups is 1. The molecule has 0 aliphatic heterocycles. The Morgan fingerprint density at radius 2 is 2.00 bits per heavy atom. The summed E-state index contributed by atoms with van der Waals surface area (Å²) >= 11 is 1.32. The van der Waals surface area contributed by atoms with Gasteiger partial charge >= 0.3 is 0 Å². The van der Waals surface area contributed by atoms with Crippen LogP contribution in [-0.4, -0.2) is 45.9 Å². The molecule has 134 valence electrons. The summed E-state index contributed by atoms with van der Waals surface area (Å²) in [4.78, 5) is 18.5. The van der Waals surface area contributed by atoms with Crippen LogP contribution in [0, 0.1) is 0 Å². The molecule has 1 heterocycles. The van der Waals surface area contributed by atoms with E-state index in [0.717, 1.165) is 16.9 Å². The Hall–Kier alpha value is -2.80. The first-order valence-electron chi connectivity index (χ1n) is 8.13. The first-order chi connectivity index (χ1) is 12.7. The topological polar surface area (TPSA) is 71.1 Å². The minimum Gasteiger partial charge on any atom is -0.497 e. The van der Waals surface area contributed by atoms with Crippen molar-refractivity contribution in [1.29, 1.82) is 0 Å². The van der Waals surface area contributed by atoms with Gasteiger partial charge in [-0.05, 0) is 17.7 Å². The van der Waals surface area contributed by atoms with Crippen LogP contribution in [-0.2, 0) is 11.3 Å². The molecule has 0 aliphatic rings. The molecule has 0 radical (unpaired) electrons. The van der Waals surface area contributed by atoms with Crippen LogP contribution in [0.25, 0.3) is 11.4 Å². The number of thioether (sulfide) groups is 1. The van der Waals surface area contributed by atoms with Gasteiger partial charge in [-0.15, -0.1) is 5.10 Å². The average Bonchev–Trinajstić information content (AvgIpc) is 3.16. The molecule has 6 nitrogen and oxygen atoms in total. The van der Waals surface area contributed by atoms with Crippen molar-refractivity contribution in [3.05, 3.63) is 60.2 Å². The molecule has 0 bridgehead atoms. The van der Waals surface area contributed by atoms with Gasteiger partial charge in [-0.2, -0.15) is 0 Å². The number of rotatable bonds is 7.